The molecule has 1 aromatic rings. The van der Waals surface area contributed by atoms with E-state index < -0.39 is 10.2 Å². The van der Waals surface area contributed by atoms with E-state index in [9.17, 15) is 8.42 Å². The Balaban J connectivity index is 2.69. The van der Waals surface area contributed by atoms with E-state index in [1.54, 1.807) is 24.3 Å². The Morgan fingerprint density at radius 1 is 1.40 bits per heavy atom. The molecule has 0 heterocycles. The molecule has 0 fully saturated rings. The van der Waals surface area contributed by atoms with E-state index in [0.29, 0.717) is 17.9 Å². The summed E-state index contributed by atoms with van der Waals surface area (Å²) in [5.41, 5.74) is 6.50. The predicted octanol–water partition coefficient (Wildman–Crippen LogP) is 0.925. The monoisotopic (exact) mass is 229 g/mol. The van der Waals surface area contributed by atoms with Gasteiger partial charge in [0.2, 0.25) is 0 Å². The van der Waals surface area contributed by atoms with E-state index in [2.05, 4.69) is 9.44 Å². The molecule has 0 amide bonds. The Labute approximate surface area is 89.9 Å². The van der Waals surface area contributed by atoms with Gasteiger partial charge in [-0.2, -0.15) is 13.1 Å². The van der Waals surface area contributed by atoms with Gasteiger partial charge in [-0.25, -0.2) is 0 Å². The first-order chi connectivity index (χ1) is 7.03. The first-order valence-electron chi connectivity index (χ1n) is 4.66. The molecule has 0 aliphatic heterocycles. The normalized spacial score (nSPS) is 11.3. The van der Waals surface area contributed by atoms with Crippen LogP contribution in [-0.2, 0) is 10.2 Å². The van der Waals surface area contributed by atoms with E-state index in [0.717, 1.165) is 6.42 Å². The van der Waals surface area contributed by atoms with Gasteiger partial charge in [0.1, 0.15) is 0 Å². The zero-order valence-electron chi connectivity index (χ0n) is 8.53. The largest absolute Gasteiger partial charge is 0.399 e. The summed E-state index contributed by atoms with van der Waals surface area (Å²) in [7, 11) is -3.47. The molecule has 0 aliphatic carbocycles. The number of nitrogen functional groups attached to an aromatic ring is 1. The first-order valence-corrected chi connectivity index (χ1v) is 6.15. The Morgan fingerprint density at radius 2 is 2.13 bits per heavy atom. The van der Waals surface area contributed by atoms with Crippen molar-refractivity contribution in [3.8, 4) is 0 Å². The topological polar surface area (TPSA) is 84.2 Å². The van der Waals surface area contributed by atoms with Gasteiger partial charge in [0, 0.05) is 12.2 Å². The highest BCUT2D eigenvalue weighted by molar-refractivity contribution is 7.90. The van der Waals surface area contributed by atoms with Crippen LogP contribution in [0.1, 0.15) is 13.3 Å². The van der Waals surface area contributed by atoms with Crippen LogP contribution in [0.25, 0.3) is 0 Å². The third-order valence-electron chi connectivity index (χ3n) is 1.68. The van der Waals surface area contributed by atoms with Crippen molar-refractivity contribution in [2.24, 2.45) is 0 Å². The van der Waals surface area contributed by atoms with Gasteiger partial charge in [0.15, 0.2) is 0 Å². The predicted molar refractivity (Wildman–Crippen MR) is 61.7 cm³/mol. The molecule has 0 atom stereocenters. The number of nitrogens with one attached hydrogen (secondary N) is 2. The minimum Gasteiger partial charge on any atom is -0.399 e. The average molecular weight is 229 g/mol. The molecule has 84 valence electrons. The molecule has 1 rings (SSSR count). The van der Waals surface area contributed by atoms with Crippen molar-refractivity contribution in [2.45, 2.75) is 13.3 Å². The molecular weight excluding hydrogens is 214 g/mol. The Hall–Kier alpha value is -1.27. The molecule has 0 unspecified atom stereocenters. The van der Waals surface area contributed by atoms with Crippen LogP contribution in [0.15, 0.2) is 24.3 Å². The number of nitrogens with two attached hydrogens (primary N) is 1. The van der Waals surface area contributed by atoms with Crippen molar-refractivity contribution >= 4 is 21.6 Å². The maximum atomic E-state index is 11.4. The molecule has 4 N–H and O–H groups in total. The number of rotatable bonds is 5. The highest BCUT2D eigenvalue weighted by Gasteiger charge is 2.07. The number of benzene rings is 1. The van der Waals surface area contributed by atoms with Gasteiger partial charge < -0.3 is 5.73 Å². The Kier molecular flexibility index (Phi) is 3.93. The highest BCUT2D eigenvalue weighted by Crippen LogP contribution is 2.12. The van der Waals surface area contributed by atoms with Crippen LogP contribution in [0, 0.1) is 0 Å². The van der Waals surface area contributed by atoms with Gasteiger partial charge in [-0.15, -0.1) is 0 Å². The van der Waals surface area contributed by atoms with Crippen LogP contribution >= 0.6 is 0 Å². The molecule has 0 radical (unpaired) electrons. The molecule has 1 aromatic carbocycles. The van der Waals surface area contributed by atoms with Gasteiger partial charge >= 0.3 is 0 Å². The Bertz CT molecular complexity index is 417. The highest BCUT2D eigenvalue weighted by atomic mass is 32.2. The lowest BCUT2D eigenvalue weighted by Gasteiger charge is -2.08. The third kappa shape index (κ3) is 4.18. The first kappa shape index (κ1) is 11.8. The second-order valence-electron chi connectivity index (χ2n) is 3.13. The lowest BCUT2D eigenvalue weighted by Crippen LogP contribution is -2.30. The lowest BCUT2D eigenvalue weighted by atomic mass is 10.3. The zero-order chi connectivity index (χ0) is 11.3. The molecule has 5 nitrogen and oxygen atoms in total. The fourth-order valence-electron chi connectivity index (χ4n) is 1.03. The van der Waals surface area contributed by atoms with E-state index in [-0.39, 0.29) is 0 Å². The smallest absolute Gasteiger partial charge is 0.299 e. The molecule has 0 aromatic heterocycles. The zero-order valence-corrected chi connectivity index (χ0v) is 9.34. The molecular formula is C9H15N3O2S. The minimum atomic E-state index is -3.47. The molecule has 0 saturated heterocycles. The van der Waals surface area contributed by atoms with Crippen LogP contribution in [0.5, 0.6) is 0 Å². The SMILES string of the molecule is CCCNS(=O)(=O)Nc1cccc(N)c1. The fraction of sp³-hybridized carbons (Fsp3) is 0.333. The van der Waals surface area contributed by atoms with Crippen LogP contribution in [0.3, 0.4) is 0 Å². The summed E-state index contributed by atoms with van der Waals surface area (Å²) in [6.07, 6.45) is 0.748. The molecule has 0 saturated carbocycles. The average Bonchev–Trinajstić information content (AvgIpc) is 2.14. The number of hydrogen-bond acceptors (Lipinski definition) is 3. The summed E-state index contributed by atoms with van der Waals surface area (Å²) in [4.78, 5) is 0. The van der Waals surface area contributed by atoms with Crippen LogP contribution in [0.4, 0.5) is 11.4 Å². The molecule has 15 heavy (non-hydrogen) atoms. The van der Waals surface area contributed by atoms with Crippen LogP contribution in [0.2, 0.25) is 0 Å². The molecule has 6 heteroatoms. The van der Waals surface area contributed by atoms with Crippen LogP contribution < -0.4 is 15.2 Å². The summed E-state index contributed by atoms with van der Waals surface area (Å²) in [6.45, 7) is 2.31. The van der Waals surface area contributed by atoms with Crippen molar-refractivity contribution in [3.63, 3.8) is 0 Å². The molecule has 0 aliphatic rings. The fourth-order valence-corrected chi connectivity index (χ4v) is 2.01. The van der Waals surface area contributed by atoms with Crippen LogP contribution in [-0.4, -0.2) is 15.0 Å². The van der Waals surface area contributed by atoms with Gasteiger partial charge in [-0.3, -0.25) is 4.72 Å². The van der Waals surface area contributed by atoms with Crippen molar-refractivity contribution < 1.29 is 8.42 Å². The van der Waals surface area contributed by atoms with Crippen molar-refractivity contribution in [1.29, 1.82) is 0 Å². The summed E-state index contributed by atoms with van der Waals surface area (Å²) in [6, 6.07) is 6.58. The standard InChI is InChI=1S/C9H15N3O2S/c1-2-6-11-15(13,14)12-9-5-3-4-8(10)7-9/h3-5,7,11-12H,2,6,10H2,1H3. The summed E-state index contributed by atoms with van der Waals surface area (Å²) in [5.74, 6) is 0. The van der Waals surface area contributed by atoms with Crippen molar-refractivity contribution in [3.05, 3.63) is 24.3 Å². The minimum absolute atomic E-state index is 0.414. The summed E-state index contributed by atoms with van der Waals surface area (Å²) in [5, 5.41) is 0. The van der Waals surface area contributed by atoms with Crippen molar-refractivity contribution in [1.82, 2.24) is 4.72 Å². The van der Waals surface area contributed by atoms with Gasteiger partial charge in [0.25, 0.3) is 10.2 Å². The molecule has 0 spiro atoms. The van der Waals surface area contributed by atoms with E-state index in [1.807, 2.05) is 6.92 Å². The Morgan fingerprint density at radius 3 is 2.73 bits per heavy atom. The summed E-state index contributed by atoms with van der Waals surface area (Å²) >= 11 is 0. The number of anilines is 2. The quantitative estimate of drug-likeness (QED) is 0.656. The molecule has 0 bridgehead atoms. The number of hydrogen-bond donors (Lipinski definition) is 3. The third-order valence-corrected chi connectivity index (χ3v) is 2.77. The van der Waals surface area contributed by atoms with E-state index >= 15 is 0 Å². The lowest BCUT2D eigenvalue weighted by molar-refractivity contribution is 0.586. The van der Waals surface area contributed by atoms with E-state index in [1.165, 1.54) is 0 Å². The second-order valence-corrected chi connectivity index (χ2v) is 4.62. The second kappa shape index (κ2) is 4.99. The summed E-state index contributed by atoms with van der Waals surface area (Å²) < 4.78 is 27.6. The maximum absolute atomic E-state index is 11.4. The maximum Gasteiger partial charge on any atom is 0.299 e. The van der Waals surface area contributed by atoms with Gasteiger partial charge in [0.05, 0.1) is 5.69 Å². The van der Waals surface area contributed by atoms with E-state index in [4.69, 9.17) is 5.73 Å². The van der Waals surface area contributed by atoms with Gasteiger partial charge in [-0.1, -0.05) is 13.0 Å². The van der Waals surface area contributed by atoms with Crippen molar-refractivity contribution in [2.75, 3.05) is 17.0 Å². The van der Waals surface area contributed by atoms with Gasteiger partial charge in [-0.05, 0) is 24.6 Å².